The van der Waals surface area contributed by atoms with Crippen molar-refractivity contribution in [1.82, 2.24) is 0 Å². The van der Waals surface area contributed by atoms with Gasteiger partial charge in [0, 0.05) is 10.8 Å². The Kier molecular flexibility index (Phi) is 4.98. The molecule has 2 bridgehead atoms. The van der Waals surface area contributed by atoms with E-state index in [0.717, 1.165) is 22.3 Å². The van der Waals surface area contributed by atoms with Crippen molar-refractivity contribution >= 4 is 28.3 Å². The van der Waals surface area contributed by atoms with Crippen LogP contribution in [0.25, 0.3) is 0 Å². The number of nitrogens with zero attached hydrogens (tertiary/aromatic N) is 1. The highest BCUT2D eigenvalue weighted by molar-refractivity contribution is 7.89. The monoisotopic (exact) mass is 481 g/mol. The minimum Gasteiger partial charge on any atom is -0.274 e. The summed E-state index contributed by atoms with van der Waals surface area (Å²) in [6.45, 7) is 3.92. The number of hydrogen-bond donors (Lipinski definition) is 0. The van der Waals surface area contributed by atoms with Gasteiger partial charge in [0.05, 0.1) is 27.0 Å². The van der Waals surface area contributed by atoms with Crippen LogP contribution in [0.3, 0.4) is 0 Å². The lowest BCUT2D eigenvalue weighted by Gasteiger charge is -2.35. The first-order valence-electron chi connectivity index (χ1n) is 12.0. The van der Waals surface area contributed by atoms with Gasteiger partial charge in [-0.25, -0.2) is 4.90 Å². The van der Waals surface area contributed by atoms with E-state index in [-0.39, 0.29) is 11.8 Å². The molecule has 35 heavy (non-hydrogen) atoms. The van der Waals surface area contributed by atoms with Crippen LogP contribution < -0.4 is 4.90 Å². The van der Waals surface area contributed by atoms with Crippen molar-refractivity contribution in [3.05, 3.63) is 113 Å². The Bertz CT molecular complexity index is 1300. The third-order valence-corrected chi connectivity index (χ3v) is 10.8. The van der Waals surface area contributed by atoms with E-state index in [9.17, 15) is 13.8 Å². The lowest BCUT2D eigenvalue weighted by molar-refractivity contribution is -0.122. The number of anilines is 1. The van der Waals surface area contributed by atoms with E-state index in [4.69, 9.17) is 0 Å². The molecule has 0 radical (unpaired) electrons. The lowest BCUT2D eigenvalue weighted by atomic mass is 9.63. The molecule has 0 saturated carbocycles. The summed E-state index contributed by atoms with van der Waals surface area (Å²) in [5.41, 5.74) is 4.95. The molecule has 5 heteroatoms. The molecule has 5 atom stereocenters. The van der Waals surface area contributed by atoms with Crippen LogP contribution >= 0.6 is 0 Å². The zero-order valence-corrected chi connectivity index (χ0v) is 20.6. The number of imide groups is 1. The fourth-order valence-corrected chi connectivity index (χ4v) is 9.30. The lowest BCUT2D eigenvalue weighted by Crippen LogP contribution is -2.43. The van der Waals surface area contributed by atoms with Crippen molar-refractivity contribution < 1.29 is 13.8 Å². The van der Waals surface area contributed by atoms with Gasteiger partial charge in [-0.05, 0) is 61.1 Å². The van der Waals surface area contributed by atoms with E-state index in [1.807, 2.05) is 68.4 Å². The van der Waals surface area contributed by atoms with Crippen molar-refractivity contribution in [2.45, 2.75) is 36.2 Å². The molecule has 3 unspecified atom stereocenters. The topological polar surface area (TPSA) is 54.5 Å². The molecular weight excluding hydrogens is 454 g/mol. The number of carbonyl (C=O) groups excluding carboxylic acids is 2. The minimum absolute atomic E-state index is 0.227. The SMILES string of the molecule is C[C@]12C(Cc3ccccc3)=C(Cc3ccccc3)[C@](C)(C3C(=O)N(c4ccccc4)C(=O)C31)S2=O. The first-order chi connectivity index (χ1) is 16.9. The molecule has 0 aliphatic carbocycles. The molecule has 3 aromatic carbocycles. The molecule has 0 N–H and O–H groups in total. The van der Waals surface area contributed by atoms with Gasteiger partial charge in [-0.1, -0.05) is 78.9 Å². The Morgan fingerprint density at radius 1 is 0.657 bits per heavy atom. The van der Waals surface area contributed by atoms with E-state index < -0.39 is 32.1 Å². The van der Waals surface area contributed by atoms with Crippen molar-refractivity contribution in [1.29, 1.82) is 0 Å². The molecule has 6 rings (SSSR count). The summed E-state index contributed by atoms with van der Waals surface area (Å²) in [6.07, 6.45) is 1.24. The summed E-state index contributed by atoms with van der Waals surface area (Å²) in [7, 11) is -1.40. The summed E-state index contributed by atoms with van der Waals surface area (Å²) < 4.78 is 12.5. The number of amides is 2. The number of carbonyl (C=O) groups is 2. The van der Waals surface area contributed by atoms with Crippen molar-refractivity contribution in [3.8, 4) is 0 Å². The predicted octanol–water partition coefficient (Wildman–Crippen LogP) is 4.87. The van der Waals surface area contributed by atoms with Gasteiger partial charge in [0.2, 0.25) is 11.8 Å². The highest BCUT2D eigenvalue weighted by Crippen LogP contribution is 2.66. The fourth-order valence-electron chi connectivity index (χ4n) is 6.64. The Hall–Kier alpha value is -3.31. The number of rotatable bonds is 5. The second-order valence-corrected chi connectivity index (χ2v) is 12.3. The molecule has 3 aliphatic heterocycles. The fraction of sp³-hybridized carbons (Fsp3) is 0.267. The Balaban J connectivity index is 1.53. The summed E-state index contributed by atoms with van der Waals surface area (Å²) in [5.74, 6) is -1.70. The minimum atomic E-state index is -1.40. The predicted molar refractivity (Wildman–Crippen MR) is 138 cm³/mol. The van der Waals surface area contributed by atoms with Gasteiger partial charge in [-0.2, -0.15) is 0 Å². The third kappa shape index (κ3) is 2.94. The Morgan fingerprint density at radius 3 is 1.43 bits per heavy atom. The molecule has 0 spiro atoms. The molecule has 3 aromatic rings. The van der Waals surface area contributed by atoms with Gasteiger partial charge >= 0.3 is 0 Å². The van der Waals surface area contributed by atoms with E-state index in [1.165, 1.54) is 4.90 Å². The molecule has 3 aliphatic rings. The summed E-state index contributed by atoms with van der Waals surface area (Å²) in [6, 6.07) is 29.4. The molecule has 4 nitrogen and oxygen atoms in total. The van der Waals surface area contributed by atoms with Gasteiger partial charge in [0.15, 0.2) is 0 Å². The van der Waals surface area contributed by atoms with Gasteiger partial charge in [-0.3, -0.25) is 13.8 Å². The Labute approximate surface area is 208 Å². The molecule has 176 valence electrons. The van der Waals surface area contributed by atoms with Gasteiger partial charge < -0.3 is 0 Å². The van der Waals surface area contributed by atoms with Gasteiger partial charge in [0.1, 0.15) is 0 Å². The molecule has 0 aromatic heterocycles. The maximum absolute atomic E-state index is 14.3. The summed E-state index contributed by atoms with van der Waals surface area (Å²) in [5, 5.41) is 0. The highest BCUT2D eigenvalue weighted by Gasteiger charge is 2.77. The first-order valence-corrected chi connectivity index (χ1v) is 13.2. The average molecular weight is 482 g/mol. The summed E-state index contributed by atoms with van der Waals surface area (Å²) in [4.78, 5) is 29.1. The van der Waals surface area contributed by atoms with E-state index >= 15 is 0 Å². The quantitative estimate of drug-likeness (QED) is 0.386. The zero-order chi connectivity index (χ0) is 24.4. The number of para-hydroxylation sites is 1. The van der Waals surface area contributed by atoms with Gasteiger partial charge in [-0.15, -0.1) is 0 Å². The van der Waals surface area contributed by atoms with Crippen LogP contribution in [0, 0.1) is 11.8 Å². The maximum Gasteiger partial charge on any atom is 0.239 e. The van der Waals surface area contributed by atoms with Crippen LogP contribution in [0.15, 0.2) is 102 Å². The molecule has 2 amide bonds. The van der Waals surface area contributed by atoms with Crippen molar-refractivity contribution in [2.24, 2.45) is 11.8 Å². The average Bonchev–Trinajstić information content (AvgIpc) is 3.32. The molecular formula is C30H27NO3S. The van der Waals surface area contributed by atoms with Crippen LogP contribution in [0.1, 0.15) is 25.0 Å². The van der Waals surface area contributed by atoms with E-state index in [2.05, 4.69) is 24.3 Å². The Morgan fingerprint density at radius 2 is 1.03 bits per heavy atom. The molecule has 2 saturated heterocycles. The van der Waals surface area contributed by atoms with E-state index in [0.29, 0.717) is 18.5 Å². The maximum atomic E-state index is 14.3. The second-order valence-electron chi connectivity index (χ2n) is 10.1. The highest BCUT2D eigenvalue weighted by atomic mass is 32.2. The van der Waals surface area contributed by atoms with Crippen molar-refractivity contribution in [2.75, 3.05) is 4.90 Å². The zero-order valence-electron chi connectivity index (χ0n) is 19.8. The van der Waals surface area contributed by atoms with Crippen LogP contribution in [0.5, 0.6) is 0 Å². The second kappa shape index (κ2) is 7.85. The normalized spacial score (nSPS) is 31.4. The van der Waals surface area contributed by atoms with E-state index in [1.54, 1.807) is 12.1 Å². The van der Waals surface area contributed by atoms with Crippen LogP contribution in [-0.4, -0.2) is 25.5 Å². The number of hydrogen-bond acceptors (Lipinski definition) is 3. The third-order valence-electron chi connectivity index (χ3n) is 8.29. The van der Waals surface area contributed by atoms with Crippen LogP contribution in [0.2, 0.25) is 0 Å². The van der Waals surface area contributed by atoms with Gasteiger partial charge in [0.25, 0.3) is 0 Å². The number of fused-ring (bicyclic) bond motifs is 5. The molecule has 3 heterocycles. The van der Waals surface area contributed by atoms with Crippen molar-refractivity contribution in [3.63, 3.8) is 0 Å². The standard InChI is InChI=1S/C30H27NO3S/c1-29-23(18-20-12-6-3-7-13-20)24(19-21-14-8-4-9-15-21)30(2,35(29)34)26-25(29)27(32)31(28(26)33)22-16-10-5-11-17-22/h3-17,25-26H,18-19H2,1-2H3/t25?,26?,29-,30+,35?. The number of benzene rings is 3. The van der Waals surface area contributed by atoms with Crippen LogP contribution in [-0.2, 0) is 33.2 Å². The largest absolute Gasteiger partial charge is 0.274 e. The smallest absolute Gasteiger partial charge is 0.239 e. The molecule has 2 fully saturated rings. The first kappa shape index (κ1) is 22.2. The summed E-state index contributed by atoms with van der Waals surface area (Å²) >= 11 is 0. The van der Waals surface area contributed by atoms with Crippen LogP contribution in [0.4, 0.5) is 5.69 Å².